The summed E-state index contributed by atoms with van der Waals surface area (Å²) in [7, 11) is -2.81. The molecule has 0 spiro atoms. The first kappa shape index (κ1) is 9.99. The van der Waals surface area contributed by atoms with Crippen LogP contribution in [-0.2, 0) is 9.84 Å². The van der Waals surface area contributed by atoms with Gasteiger partial charge in [-0.25, -0.2) is 8.42 Å². The molecule has 0 aromatic heterocycles. The van der Waals surface area contributed by atoms with Gasteiger partial charge in [-0.15, -0.1) is 0 Å². The van der Waals surface area contributed by atoms with Gasteiger partial charge in [0, 0.05) is 6.61 Å². The van der Waals surface area contributed by atoms with Crippen LogP contribution in [0.2, 0.25) is 0 Å². The second-order valence-corrected chi connectivity index (χ2v) is 5.75. The summed E-state index contributed by atoms with van der Waals surface area (Å²) in [6.07, 6.45) is 3.89. The minimum atomic E-state index is -2.81. The maximum Gasteiger partial charge on any atom is 0.153 e. The third kappa shape index (κ3) is 2.45. The Bertz CT molecular complexity index is 220. The van der Waals surface area contributed by atoms with Crippen molar-refractivity contribution in [1.29, 1.82) is 0 Å². The molecule has 0 aromatic carbocycles. The van der Waals surface area contributed by atoms with Crippen LogP contribution < -0.4 is 0 Å². The van der Waals surface area contributed by atoms with Crippen molar-refractivity contribution in [1.82, 2.24) is 0 Å². The highest BCUT2D eigenvalue weighted by Crippen LogP contribution is 2.22. The van der Waals surface area contributed by atoms with E-state index in [1.807, 2.05) is 0 Å². The predicted octanol–water partition coefficient (Wildman–Crippen LogP) is 0.726. The third-order valence-electron chi connectivity index (χ3n) is 2.40. The first-order valence-electron chi connectivity index (χ1n) is 4.49. The van der Waals surface area contributed by atoms with Crippen LogP contribution in [0, 0.1) is 0 Å². The molecule has 72 valence electrons. The molecule has 12 heavy (non-hydrogen) atoms. The van der Waals surface area contributed by atoms with Crippen molar-refractivity contribution >= 4 is 9.84 Å². The molecule has 1 aliphatic rings. The summed E-state index contributed by atoms with van der Waals surface area (Å²) in [5, 5.41) is 8.40. The van der Waals surface area contributed by atoms with Crippen molar-refractivity contribution in [2.24, 2.45) is 0 Å². The number of hydrogen-bond acceptors (Lipinski definition) is 3. The number of sulfone groups is 1. The van der Waals surface area contributed by atoms with E-state index in [1.54, 1.807) is 0 Å². The fourth-order valence-electron chi connectivity index (χ4n) is 1.66. The van der Waals surface area contributed by atoms with Crippen molar-refractivity contribution in [2.75, 3.05) is 12.4 Å². The molecule has 1 unspecified atom stereocenters. The zero-order valence-electron chi connectivity index (χ0n) is 7.20. The zero-order chi connectivity index (χ0) is 9.03. The van der Waals surface area contributed by atoms with E-state index in [0.717, 1.165) is 19.3 Å². The van der Waals surface area contributed by atoms with Crippen LogP contribution in [-0.4, -0.2) is 31.1 Å². The third-order valence-corrected chi connectivity index (χ3v) is 4.74. The summed E-state index contributed by atoms with van der Waals surface area (Å²) in [6.45, 7) is 0.103. The van der Waals surface area contributed by atoms with Gasteiger partial charge in [0.05, 0.1) is 11.0 Å². The molecule has 0 radical (unpaired) electrons. The van der Waals surface area contributed by atoms with E-state index >= 15 is 0 Å². The van der Waals surface area contributed by atoms with Crippen LogP contribution in [0.4, 0.5) is 0 Å². The van der Waals surface area contributed by atoms with Crippen molar-refractivity contribution in [2.45, 2.75) is 37.4 Å². The van der Waals surface area contributed by atoms with Crippen LogP contribution in [0.3, 0.4) is 0 Å². The molecule has 1 fully saturated rings. The van der Waals surface area contributed by atoms with Gasteiger partial charge in [-0.3, -0.25) is 0 Å². The zero-order valence-corrected chi connectivity index (χ0v) is 8.02. The molecular weight excluding hydrogens is 176 g/mol. The summed E-state index contributed by atoms with van der Waals surface area (Å²) in [5.74, 6) is 0.350. The van der Waals surface area contributed by atoms with Crippen LogP contribution in [0.1, 0.15) is 32.1 Å². The average molecular weight is 192 g/mol. The molecular formula is C8H16O3S. The van der Waals surface area contributed by atoms with Crippen molar-refractivity contribution in [3.05, 3.63) is 0 Å². The first-order chi connectivity index (χ1) is 5.67. The molecule has 0 bridgehead atoms. The molecule has 1 rings (SSSR count). The fraction of sp³-hybridized carbons (Fsp3) is 1.00. The van der Waals surface area contributed by atoms with Crippen molar-refractivity contribution < 1.29 is 13.5 Å². The van der Waals surface area contributed by atoms with E-state index < -0.39 is 9.84 Å². The van der Waals surface area contributed by atoms with E-state index in [9.17, 15) is 8.42 Å². The lowest BCUT2D eigenvalue weighted by Gasteiger charge is -2.21. The minimum absolute atomic E-state index is 0.103. The van der Waals surface area contributed by atoms with Gasteiger partial charge in [0.15, 0.2) is 9.84 Å². The average Bonchev–Trinajstić information content (AvgIpc) is 2.02. The van der Waals surface area contributed by atoms with Crippen LogP contribution in [0.5, 0.6) is 0 Å². The fourth-order valence-corrected chi connectivity index (χ4v) is 3.66. The van der Waals surface area contributed by atoms with Gasteiger partial charge in [-0.2, -0.15) is 0 Å². The lowest BCUT2D eigenvalue weighted by molar-refractivity contribution is 0.282. The van der Waals surface area contributed by atoms with Crippen molar-refractivity contribution in [3.8, 4) is 0 Å². The second-order valence-electron chi connectivity index (χ2n) is 3.35. The maximum atomic E-state index is 11.4. The summed E-state index contributed by atoms with van der Waals surface area (Å²) < 4.78 is 22.8. The van der Waals surface area contributed by atoms with Gasteiger partial charge >= 0.3 is 0 Å². The molecule has 0 amide bonds. The SMILES string of the molecule is O=S1(=O)CCCCC1CCCO. The van der Waals surface area contributed by atoms with Crippen LogP contribution in [0.15, 0.2) is 0 Å². The Morgan fingerprint density at radius 2 is 2.08 bits per heavy atom. The van der Waals surface area contributed by atoms with Gasteiger partial charge in [0.2, 0.25) is 0 Å². The van der Waals surface area contributed by atoms with Gasteiger partial charge in [0.1, 0.15) is 0 Å². The van der Waals surface area contributed by atoms with Gasteiger partial charge in [-0.05, 0) is 25.7 Å². The lowest BCUT2D eigenvalue weighted by atomic mass is 10.1. The van der Waals surface area contributed by atoms with Gasteiger partial charge in [-0.1, -0.05) is 6.42 Å². The monoisotopic (exact) mass is 192 g/mol. The topological polar surface area (TPSA) is 54.4 Å². The molecule has 1 aliphatic heterocycles. The molecule has 3 nitrogen and oxygen atoms in total. The maximum absolute atomic E-state index is 11.4. The summed E-state index contributed by atoms with van der Waals surface area (Å²) in [6, 6.07) is 0. The van der Waals surface area contributed by atoms with E-state index in [-0.39, 0.29) is 11.9 Å². The molecule has 1 saturated heterocycles. The van der Waals surface area contributed by atoms with E-state index in [2.05, 4.69) is 0 Å². The molecule has 0 aliphatic carbocycles. The molecule has 1 atom stereocenters. The number of hydrogen-bond donors (Lipinski definition) is 1. The molecule has 4 heteroatoms. The minimum Gasteiger partial charge on any atom is -0.396 e. The summed E-state index contributed by atoms with van der Waals surface area (Å²) >= 11 is 0. The molecule has 0 saturated carbocycles. The molecule has 1 N–H and O–H groups in total. The Morgan fingerprint density at radius 1 is 1.33 bits per heavy atom. The Hall–Kier alpha value is -0.0900. The normalized spacial score (nSPS) is 28.6. The number of rotatable bonds is 3. The predicted molar refractivity (Wildman–Crippen MR) is 47.7 cm³/mol. The van der Waals surface area contributed by atoms with Crippen molar-refractivity contribution in [3.63, 3.8) is 0 Å². The number of aliphatic hydroxyl groups excluding tert-OH is 1. The van der Waals surface area contributed by atoms with E-state index in [1.165, 1.54) is 0 Å². The Morgan fingerprint density at radius 3 is 2.67 bits per heavy atom. The van der Waals surface area contributed by atoms with Gasteiger partial charge in [0.25, 0.3) is 0 Å². The Labute approximate surface area is 73.7 Å². The summed E-state index contributed by atoms with van der Waals surface area (Å²) in [5.41, 5.74) is 0. The highest BCUT2D eigenvalue weighted by atomic mass is 32.2. The van der Waals surface area contributed by atoms with E-state index in [0.29, 0.717) is 18.6 Å². The second kappa shape index (κ2) is 4.23. The van der Waals surface area contributed by atoms with Gasteiger partial charge < -0.3 is 5.11 Å². The number of aliphatic hydroxyl groups is 1. The first-order valence-corrected chi connectivity index (χ1v) is 6.21. The highest BCUT2D eigenvalue weighted by Gasteiger charge is 2.27. The Kier molecular flexibility index (Phi) is 3.53. The smallest absolute Gasteiger partial charge is 0.153 e. The van der Waals surface area contributed by atoms with Crippen LogP contribution in [0.25, 0.3) is 0 Å². The largest absolute Gasteiger partial charge is 0.396 e. The Balaban J connectivity index is 2.49. The van der Waals surface area contributed by atoms with Crippen LogP contribution >= 0.6 is 0 Å². The molecule has 0 aromatic rings. The van der Waals surface area contributed by atoms with E-state index in [4.69, 9.17) is 5.11 Å². The standard InChI is InChI=1S/C8H16O3S/c9-6-3-5-8-4-1-2-7-12(8,10)11/h8-9H,1-7H2. The molecule has 1 heterocycles. The highest BCUT2D eigenvalue weighted by molar-refractivity contribution is 7.92. The lowest BCUT2D eigenvalue weighted by Crippen LogP contribution is -2.28. The quantitative estimate of drug-likeness (QED) is 0.717. The summed E-state index contributed by atoms with van der Waals surface area (Å²) in [4.78, 5) is 0.